The lowest BCUT2D eigenvalue weighted by Gasteiger charge is -2.37. The molecule has 3 aromatic rings. The average molecular weight is 607 g/mol. The molecule has 5 rings (SSSR count). The number of pyridine rings is 1. The van der Waals surface area contributed by atoms with Crippen molar-refractivity contribution in [3.05, 3.63) is 65.1 Å². The molecule has 1 aromatic heterocycles. The fourth-order valence-corrected chi connectivity index (χ4v) is 6.14. The van der Waals surface area contributed by atoms with Crippen LogP contribution in [0.25, 0.3) is 0 Å². The maximum Gasteiger partial charge on any atom is 0.404 e. The largest absolute Gasteiger partial charge is 0.543 e. The molecule has 0 bridgehead atoms. The number of nitrogens with one attached hydrogen (secondary N) is 4. The van der Waals surface area contributed by atoms with Crippen molar-refractivity contribution < 1.29 is 23.5 Å². The van der Waals surface area contributed by atoms with E-state index in [1.165, 1.54) is 6.07 Å². The van der Waals surface area contributed by atoms with Gasteiger partial charge >= 0.3 is 6.09 Å². The molecule has 0 spiro atoms. The molecule has 1 saturated heterocycles. The van der Waals surface area contributed by atoms with Crippen LogP contribution in [0.4, 0.5) is 37.8 Å². The highest BCUT2D eigenvalue weighted by molar-refractivity contribution is 6.74. The van der Waals surface area contributed by atoms with E-state index in [-0.39, 0.29) is 28.2 Å². The van der Waals surface area contributed by atoms with Crippen LogP contribution in [-0.2, 0) is 6.54 Å². The Morgan fingerprint density at radius 1 is 1.16 bits per heavy atom. The van der Waals surface area contributed by atoms with Crippen LogP contribution in [0.1, 0.15) is 48.7 Å². The number of likely N-dealkylation sites (tertiary alicyclic amines) is 1. The number of aryl methyl sites for hydroxylation is 1. The van der Waals surface area contributed by atoms with E-state index in [4.69, 9.17) is 9.53 Å². The number of nitrogens with zero attached hydrogens (tertiary/aromatic N) is 2. The van der Waals surface area contributed by atoms with Crippen molar-refractivity contribution in [1.82, 2.24) is 15.2 Å². The zero-order valence-electron chi connectivity index (χ0n) is 25.4. The summed E-state index contributed by atoms with van der Waals surface area (Å²) >= 11 is 0. The Hall–Kier alpha value is -4.16. The van der Waals surface area contributed by atoms with Crippen molar-refractivity contribution in [2.24, 2.45) is 0 Å². The smallest absolute Gasteiger partial charge is 0.404 e. The number of hydrogen-bond donors (Lipinski definition) is 5. The highest BCUT2D eigenvalue weighted by Gasteiger charge is 2.39. The molecule has 2 aromatic carbocycles. The Morgan fingerprint density at radius 2 is 1.93 bits per heavy atom. The van der Waals surface area contributed by atoms with E-state index in [2.05, 4.69) is 65.0 Å². The molecule has 2 aliphatic rings. The molecule has 1 atom stereocenters. The van der Waals surface area contributed by atoms with Gasteiger partial charge in [-0.1, -0.05) is 26.8 Å². The number of fused-ring (bicyclic) bond motifs is 2. The second-order valence-corrected chi connectivity index (χ2v) is 17.5. The molecule has 0 aliphatic carbocycles. The Morgan fingerprint density at radius 3 is 2.65 bits per heavy atom. The third-order valence-corrected chi connectivity index (χ3v) is 12.8. The van der Waals surface area contributed by atoms with Crippen molar-refractivity contribution in [3.8, 4) is 5.75 Å². The van der Waals surface area contributed by atoms with Crippen LogP contribution < -0.4 is 25.7 Å². The van der Waals surface area contributed by atoms with Crippen molar-refractivity contribution >= 4 is 48.9 Å². The molecule has 10 nitrogen and oxygen atoms in total. The normalized spacial score (nSPS) is 16.8. The number of rotatable bonds is 7. The SMILES string of the molecule is Cc1cc(F)c(Nc2ccnc3c2C(=O)Nc2cc(CN4CC[C@@H](NC(=O)O)C4)ccc2N3)cc1O[Si](C)(C)C(C)(C)C. The molecule has 2 amide bonds. The first kappa shape index (κ1) is 30.3. The molecule has 228 valence electrons. The fraction of sp³-hybridized carbons (Fsp3) is 0.387. The van der Waals surface area contributed by atoms with E-state index in [0.717, 1.165) is 18.5 Å². The zero-order valence-corrected chi connectivity index (χ0v) is 26.4. The minimum atomic E-state index is -2.18. The van der Waals surface area contributed by atoms with Crippen molar-refractivity contribution in [2.75, 3.05) is 29.0 Å². The molecule has 0 radical (unpaired) electrons. The number of carboxylic acid groups (broad SMARTS) is 1. The first-order valence-electron chi connectivity index (χ1n) is 14.4. The Balaban J connectivity index is 1.37. The maximum absolute atomic E-state index is 15.2. The quantitative estimate of drug-likeness (QED) is 0.186. The first-order valence-corrected chi connectivity index (χ1v) is 17.3. The summed E-state index contributed by atoms with van der Waals surface area (Å²) in [5.74, 6) is 0.122. The van der Waals surface area contributed by atoms with Gasteiger partial charge in [-0.3, -0.25) is 9.69 Å². The molecular weight excluding hydrogens is 567 g/mol. The molecule has 0 saturated carbocycles. The van der Waals surface area contributed by atoms with Gasteiger partial charge in [-0.15, -0.1) is 0 Å². The van der Waals surface area contributed by atoms with Gasteiger partial charge in [0.2, 0.25) is 8.32 Å². The standard InChI is InChI=1S/C31H39FN6O4Si/c1-18-13-21(32)24(15-26(18)42-43(5,6)31(2,3)4)35-23-9-11-33-28-27(23)29(39)37-25-14-19(7-8-22(25)36-28)16-38-12-10-20(17-38)34-30(40)41/h7-9,11,13-15,20,34H,10,12,16-17H2,1-6H3,(H,37,39)(H,40,41)(H2,33,35,36)/t20-/m1/s1. The zero-order chi connectivity index (χ0) is 31.1. The van der Waals surface area contributed by atoms with E-state index < -0.39 is 20.2 Å². The number of halogens is 1. The molecule has 1 fully saturated rings. The van der Waals surface area contributed by atoms with Gasteiger partial charge in [0, 0.05) is 37.9 Å². The second kappa shape index (κ2) is 11.5. The van der Waals surface area contributed by atoms with E-state index in [9.17, 15) is 9.59 Å². The van der Waals surface area contributed by atoms with Crippen molar-refractivity contribution in [1.29, 1.82) is 0 Å². The fourth-order valence-electron chi connectivity index (χ4n) is 5.06. The topological polar surface area (TPSA) is 128 Å². The third-order valence-electron chi connectivity index (χ3n) is 8.47. The molecule has 5 N–H and O–H groups in total. The predicted octanol–water partition coefficient (Wildman–Crippen LogP) is 6.81. The van der Waals surface area contributed by atoms with E-state index in [1.807, 2.05) is 25.1 Å². The summed E-state index contributed by atoms with van der Waals surface area (Å²) in [5, 5.41) is 20.9. The monoisotopic (exact) mass is 606 g/mol. The first-order chi connectivity index (χ1) is 20.2. The molecule has 0 unspecified atom stereocenters. The van der Waals surface area contributed by atoms with Crippen LogP contribution in [-0.4, -0.2) is 54.4 Å². The van der Waals surface area contributed by atoms with Crippen LogP contribution in [0, 0.1) is 12.7 Å². The van der Waals surface area contributed by atoms with Crippen LogP contribution in [0.2, 0.25) is 18.1 Å². The Labute approximate surface area is 252 Å². The average Bonchev–Trinajstić information content (AvgIpc) is 3.27. The summed E-state index contributed by atoms with van der Waals surface area (Å²) in [5.41, 5.74) is 3.81. The summed E-state index contributed by atoms with van der Waals surface area (Å²) in [6, 6.07) is 10.4. The summed E-state index contributed by atoms with van der Waals surface area (Å²) in [6.45, 7) is 14.6. The van der Waals surface area contributed by atoms with Crippen LogP contribution >= 0.6 is 0 Å². The molecule has 43 heavy (non-hydrogen) atoms. The van der Waals surface area contributed by atoms with Crippen LogP contribution in [0.5, 0.6) is 5.75 Å². The highest BCUT2D eigenvalue weighted by atomic mass is 28.4. The Kier molecular flexibility index (Phi) is 8.10. The number of anilines is 5. The maximum atomic E-state index is 15.2. The predicted molar refractivity (Wildman–Crippen MR) is 169 cm³/mol. The number of benzene rings is 2. The number of aromatic nitrogens is 1. The number of carbonyl (C=O) groups is 2. The van der Waals surface area contributed by atoms with Gasteiger partial charge in [0.25, 0.3) is 5.91 Å². The minimum absolute atomic E-state index is 0.0308. The van der Waals surface area contributed by atoms with E-state index in [0.29, 0.717) is 47.3 Å². The molecule has 3 heterocycles. The van der Waals surface area contributed by atoms with Crippen LogP contribution in [0.3, 0.4) is 0 Å². The lowest BCUT2D eigenvalue weighted by atomic mass is 10.1. The summed E-state index contributed by atoms with van der Waals surface area (Å²) in [4.78, 5) is 31.1. The summed E-state index contributed by atoms with van der Waals surface area (Å²) < 4.78 is 21.7. The van der Waals surface area contributed by atoms with Gasteiger partial charge in [-0.05, 0) is 66.9 Å². The third kappa shape index (κ3) is 6.60. The Bertz CT molecular complexity index is 1570. The van der Waals surface area contributed by atoms with E-state index >= 15 is 4.39 Å². The van der Waals surface area contributed by atoms with Crippen molar-refractivity contribution in [2.45, 2.75) is 64.8 Å². The summed E-state index contributed by atoms with van der Waals surface area (Å²) in [6.07, 6.45) is 1.30. The van der Waals surface area contributed by atoms with Crippen molar-refractivity contribution in [3.63, 3.8) is 0 Å². The molecule has 2 aliphatic heterocycles. The lowest BCUT2D eigenvalue weighted by molar-refractivity contribution is 0.102. The highest BCUT2D eigenvalue weighted by Crippen LogP contribution is 2.40. The van der Waals surface area contributed by atoms with Gasteiger partial charge in [0.05, 0.1) is 22.7 Å². The number of hydrogen-bond acceptors (Lipinski definition) is 7. The number of carbonyl (C=O) groups excluding carboxylic acids is 1. The minimum Gasteiger partial charge on any atom is -0.543 e. The van der Waals surface area contributed by atoms with Gasteiger partial charge < -0.3 is 30.8 Å². The lowest BCUT2D eigenvalue weighted by Crippen LogP contribution is -2.44. The molecular formula is C31H39FN6O4Si. The van der Waals surface area contributed by atoms with Gasteiger partial charge in [0.15, 0.2) is 0 Å². The van der Waals surface area contributed by atoms with Gasteiger partial charge in [-0.2, -0.15) is 0 Å². The van der Waals surface area contributed by atoms with Crippen LogP contribution in [0.15, 0.2) is 42.6 Å². The number of amides is 2. The van der Waals surface area contributed by atoms with Gasteiger partial charge in [-0.25, -0.2) is 14.2 Å². The summed E-state index contributed by atoms with van der Waals surface area (Å²) in [7, 11) is -2.18. The second-order valence-electron chi connectivity index (χ2n) is 12.8. The van der Waals surface area contributed by atoms with E-state index in [1.54, 1.807) is 18.3 Å². The van der Waals surface area contributed by atoms with Gasteiger partial charge in [0.1, 0.15) is 22.9 Å². The molecule has 12 heteroatoms.